The SMILES string of the molecule is CC(=O)OC1CSc2ccccc2N(C)C(=O)C1.CCNC(=O)C1=CCCC=C1C=O.COC1=CCC=C(C)C=C1. The predicted molar refractivity (Wildman–Crippen MR) is 164 cm³/mol. The van der Waals surface area contributed by atoms with Crippen molar-refractivity contribution in [1.82, 2.24) is 5.32 Å². The molecular weight excluding hydrogens is 540 g/mol. The second-order valence-corrected chi connectivity index (χ2v) is 10.4. The first-order valence-electron chi connectivity index (χ1n) is 13.6. The van der Waals surface area contributed by atoms with E-state index >= 15 is 0 Å². The molecule has 2 aliphatic carbocycles. The monoisotopic (exact) mass is 580 g/mol. The molecule has 4 rings (SSSR count). The number of carbonyl (C=O) groups is 4. The lowest BCUT2D eigenvalue weighted by Gasteiger charge is -2.26. The molecule has 0 aromatic heterocycles. The fourth-order valence-corrected chi connectivity index (χ4v) is 5.10. The van der Waals surface area contributed by atoms with Crippen LogP contribution in [-0.4, -0.2) is 56.6 Å². The highest BCUT2D eigenvalue weighted by atomic mass is 32.2. The standard InChI is InChI=1S/C13H15NO3S.C10H13NO2.C9H12O/c1-9(15)17-10-7-13(16)14(2)11-5-3-4-6-12(11)18-8-10;1-2-11-10(13)9-6-4-3-5-8(9)7-12;1-8-4-3-5-9(10-2)7-6-8/h3-6,10H,7-8H2,1-2H3;5-7H,2-4H2,1H3,(H,11,13);4-7H,3H2,1-2H3. The molecule has 1 heterocycles. The summed E-state index contributed by atoms with van der Waals surface area (Å²) in [5, 5.41) is 2.67. The molecular formula is C32H40N2O6S. The fourth-order valence-electron chi connectivity index (χ4n) is 4.02. The minimum absolute atomic E-state index is 0.0333. The summed E-state index contributed by atoms with van der Waals surface area (Å²) in [5.74, 6) is 1.03. The molecule has 0 saturated heterocycles. The molecule has 1 unspecified atom stereocenters. The number of thioether (sulfide) groups is 1. The largest absolute Gasteiger partial charge is 0.497 e. The van der Waals surface area contributed by atoms with Crippen LogP contribution in [0.15, 0.2) is 88.1 Å². The van der Waals surface area contributed by atoms with Gasteiger partial charge in [0, 0.05) is 42.3 Å². The minimum Gasteiger partial charge on any atom is -0.497 e. The second kappa shape index (κ2) is 17.8. The van der Waals surface area contributed by atoms with Crippen LogP contribution < -0.4 is 10.2 Å². The highest BCUT2D eigenvalue weighted by molar-refractivity contribution is 7.99. The van der Waals surface area contributed by atoms with Gasteiger partial charge in [0.1, 0.15) is 11.9 Å². The number of hydrogen-bond acceptors (Lipinski definition) is 7. The topological polar surface area (TPSA) is 102 Å². The molecule has 41 heavy (non-hydrogen) atoms. The van der Waals surface area contributed by atoms with Gasteiger partial charge in [0.25, 0.3) is 5.91 Å². The Morgan fingerprint density at radius 3 is 2.54 bits per heavy atom. The van der Waals surface area contributed by atoms with Gasteiger partial charge in [0.15, 0.2) is 6.29 Å². The van der Waals surface area contributed by atoms with Crippen LogP contribution in [0, 0.1) is 0 Å². The molecule has 8 nitrogen and oxygen atoms in total. The number of ether oxygens (including phenoxy) is 2. The number of aldehydes is 1. The minimum atomic E-state index is -0.351. The summed E-state index contributed by atoms with van der Waals surface area (Å²) in [6, 6.07) is 7.74. The Morgan fingerprint density at radius 2 is 1.85 bits per heavy atom. The van der Waals surface area contributed by atoms with Crippen LogP contribution in [0.25, 0.3) is 0 Å². The molecule has 9 heteroatoms. The zero-order valence-electron chi connectivity index (χ0n) is 24.5. The number of carbonyl (C=O) groups excluding carboxylic acids is 4. The van der Waals surface area contributed by atoms with E-state index in [1.165, 1.54) is 12.5 Å². The summed E-state index contributed by atoms with van der Waals surface area (Å²) >= 11 is 1.61. The number of rotatable bonds is 5. The van der Waals surface area contributed by atoms with Crippen molar-refractivity contribution >= 4 is 41.5 Å². The number of esters is 1. The van der Waals surface area contributed by atoms with Crippen molar-refractivity contribution in [2.24, 2.45) is 0 Å². The number of amides is 2. The molecule has 1 N–H and O–H groups in total. The first-order chi connectivity index (χ1) is 19.7. The molecule has 0 bridgehead atoms. The van der Waals surface area contributed by atoms with Crippen LogP contribution in [0.3, 0.4) is 0 Å². The second-order valence-electron chi connectivity index (χ2n) is 9.33. The van der Waals surface area contributed by atoms with Crippen molar-refractivity contribution in [2.45, 2.75) is 57.5 Å². The van der Waals surface area contributed by atoms with E-state index in [4.69, 9.17) is 9.47 Å². The molecule has 2 amide bonds. The lowest BCUT2D eigenvalue weighted by Crippen LogP contribution is -2.34. The van der Waals surface area contributed by atoms with Crippen molar-refractivity contribution < 1.29 is 28.7 Å². The summed E-state index contributed by atoms with van der Waals surface area (Å²) in [6.45, 7) is 5.89. The van der Waals surface area contributed by atoms with E-state index in [0.717, 1.165) is 41.9 Å². The number of methoxy groups -OCH3 is 1. The maximum absolute atomic E-state index is 12.0. The Balaban J connectivity index is 0.000000226. The van der Waals surface area contributed by atoms with Gasteiger partial charge in [-0.3, -0.25) is 19.2 Å². The van der Waals surface area contributed by atoms with E-state index in [1.54, 1.807) is 36.9 Å². The number of nitrogens with one attached hydrogen (secondary N) is 1. The van der Waals surface area contributed by atoms with Gasteiger partial charge in [0.05, 0.1) is 19.2 Å². The van der Waals surface area contributed by atoms with Crippen LogP contribution in [0.2, 0.25) is 0 Å². The number of anilines is 1. The van der Waals surface area contributed by atoms with E-state index in [1.807, 2.05) is 43.3 Å². The Bertz CT molecular complexity index is 1240. The molecule has 1 aromatic rings. The molecule has 0 saturated carbocycles. The van der Waals surface area contributed by atoms with E-state index in [2.05, 4.69) is 30.5 Å². The molecule has 1 aromatic carbocycles. The lowest BCUT2D eigenvalue weighted by atomic mass is 9.98. The summed E-state index contributed by atoms with van der Waals surface area (Å²) in [7, 11) is 3.44. The van der Waals surface area contributed by atoms with Crippen molar-refractivity contribution in [1.29, 1.82) is 0 Å². The van der Waals surface area contributed by atoms with Gasteiger partial charge in [0.2, 0.25) is 5.91 Å². The number of hydrogen-bond donors (Lipinski definition) is 1. The molecule has 3 aliphatic rings. The van der Waals surface area contributed by atoms with Gasteiger partial charge < -0.3 is 19.7 Å². The van der Waals surface area contributed by atoms with Crippen molar-refractivity contribution in [2.75, 3.05) is 31.4 Å². The number of para-hydroxylation sites is 1. The normalized spacial score (nSPS) is 17.9. The van der Waals surface area contributed by atoms with Gasteiger partial charge in [-0.2, -0.15) is 0 Å². The van der Waals surface area contributed by atoms with Crippen molar-refractivity contribution in [3.05, 3.63) is 83.2 Å². The first kappa shape index (κ1) is 33.4. The average Bonchev–Trinajstić information content (AvgIpc) is 3.19. The van der Waals surface area contributed by atoms with Gasteiger partial charge in [-0.15, -0.1) is 11.8 Å². The van der Waals surface area contributed by atoms with E-state index in [9.17, 15) is 19.2 Å². The van der Waals surface area contributed by atoms with Gasteiger partial charge in [-0.25, -0.2) is 0 Å². The van der Waals surface area contributed by atoms with E-state index in [0.29, 0.717) is 23.4 Å². The van der Waals surface area contributed by atoms with E-state index in [-0.39, 0.29) is 30.3 Å². The average molecular weight is 581 g/mol. The summed E-state index contributed by atoms with van der Waals surface area (Å²) in [6.07, 6.45) is 15.2. The first-order valence-corrected chi connectivity index (χ1v) is 14.6. The maximum atomic E-state index is 12.0. The Kier molecular flexibility index (Phi) is 14.4. The van der Waals surface area contributed by atoms with Crippen LogP contribution in [0.1, 0.15) is 46.5 Å². The van der Waals surface area contributed by atoms with Crippen LogP contribution in [0.4, 0.5) is 5.69 Å². The summed E-state index contributed by atoms with van der Waals surface area (Å²) in [4.78, 5) is 47.7. The zero-order chi connectivity index (χ0) is 30.2. The maximum Gasteiger partial charge on any atom is 0.302 e. The number of nitrogens with zero attached hydrogens (tertiary/aromatic N) is 1. The molecule has 1 atom stereocenters. The quantitative estimate of drug-likeness (QED) is 0.364. The van der Waals surface area contributed by atoms with Crippen molar-refractivity contribution in [3.63, 3.8) is 0 Å². The summed E-state index contributed by atoms with van der Waals surface area (Å²) < 4.78 is 10.2. The highest BCUT2D eigenvalue weighted by Gasteiger charge is 2.25. The third-order valence-electron chi connectivity index (χ3n) is 6.16. The Hall–Kier alpha value is -3.85. The van der Waals surface area contributed by atoms with Gasteiger partial charge in [-0.1, -0.05) is 42.0 Å². The van der Waals surface area contributed by atoms with E-state index < -0.39 is 0 Å². The predicted octanol–water partition coefficient (Wildman–Crippen LogP) is 5.47. The smallest absolute Gasteiger partial charge is 0.302 e. The van der Waals surface area contributed by atoms with Gasteiger partial charge in [-0.05, 0) is 57.4 Å². The zero-order valence-corrected chi connectivity index (χ0v) is 25.3. The Labute approximate surface area is 247 Å². The molecule has 220 valence electrons. The van der Waals surface area contributed by atoms with Gasteiger partial charge >= 0.3 is 5.97 Å². The number of benzene rings is 1. The van der Waals surface area contributed by atoms with Crippen LogP contribution in [0.5, 0.6) is 0 Å². The third-order valence-corrected chi connectivity index (χ3v) is 7.36. The molecule has 0 radical (unpaired) electrons. The van der Waals surface area contributed by atoms with Crippen LogP contribution >= 0.6 is 11.8 Å². The number of allylic oxidation sites excluding steroid dienone is 7. The number of likely N-dealkylation sites (N-methyl/N-ethyl adjacent to an activating group) is 1. The lowest BCUT2D eigenvalue weighted by molar-refractivity contribution is -0.146. The fraction of sp³-hybridized carbons (Fsp3) is 0.375. The highest BCUT2D eigenvalue weighted by Crippen LogP contribution is 2.33. The molecule has 1 aliphatic heterocycles. The third kappa shape index (κ3) is 11.3. The van der Waals surface area contributed by atoms with Crippen LogP contribution in [-0.2, 0) is 28.7 Å². The number of fused-ring (bicyclic) bond motifs is 1. The Morgan fingerprint density at radius 1 is 1.12 bits per heavy atom. The molecule has 0 spiro atoms. The summed E-state index contributed by atoms with van der Waals surface area (Å²) in [5.41, 5.74) is 3.23. The molecule has 0 fully saturated rings. The van der Waals surface area contributed by atoms with Crippen molar-refractivity contribution in [3.8, 4) is 0 Å².